The van der Waals surface area contributed by atoms with E-state index in [2.05, 4.69) is 10.3 Å². The van der Waals surface area contributed by atoms with Gasteiger partial charge < -0.3 is 15.0 Å². The second kappa shape index (κ2) is 6.32. The molecule has 0 saturated carbocycles. The summed E-state index contributed by atoms with van der Waals surface area (Å²) < 4.78 is 5.31. The number of carbonyl (C=O) groups excluding carboxylic acids is 1. The summed E-state index contributed by atoms with van der Waals surface area (Å²) in [6.45, 7) is 4.08. The van der Waals surface area contributed by atoms with Gasteiger partial charge in [-0.25, -0.2) is 0 Å². The summed E-state index contributed by atoms with van der Waals surface area (Å²) in [6, 6.07) is 5.50. The Morgan fingerprint density at radius 3 is 3.09 bits per heavy atom. The van der Waals surface area contributed by atoms with Crippen LogP contribution in [-0.2, 0) is 4.74 Å². The van der Waals surface area contributed by atoms with Gasteiger partial charge in [0.1, 0.15) is 5.56 Å². The van der Waals surface area contributed by atoms with Crippen LogP contribution < -0.4 is 10.7 Å². The van der Waals surface area contributed by atoms with Crippen LogP contribution in [0.15, 0.2) is 29.2 Å². The lowest BCUT2D eigenvalue weighted by molar-refractivity contribution is 0.0949. The van der Waals surface area contributed by atoms with Gasteiger partial charge in [0.05, 0.1) is 5.52 Å². The Morgan fingerprint density at radius 1 is 1.45 bits per heavy atom. The van der Waals surface area contributed by atoms with Crippen LogP contribution in [0.3, 0.4) is 0 Å². The molecule has 3 rings (SSSR count). The molecule has 2 aromatic rings. The van der Waals surface area contributed by atoms with Gasteiger partial charge in [0.15, 0.2) is 0 Å². The quantitative estimate of drug-likeness (QED) is 0.907. The van der Waals surface area contributed by atoms with E-state index in [0.29, 0.717) is 17.8 Å². The van der Waals surface area contributed by atoms with Gasteiger partial charge in [-0.3, -0.25) is 9.59 Å². The van der Waals surface area contributed by atoms with Crippen molar-refractivity contribution in [2.45, 2.75) is 19.8 Å². The first-order valence-corrected chi connectivity index (χ1v) is 7.64. The predicted molar refractivity (Wildman–Crippen MR) is 85.2 cm³/mol. The summed E-state index contributed by atoms with van der Waals surface area (Å²) >= 11 is 0. The average molecular weight is 300 g/mol. The number of hydrogen-bond donors (Lipinski definition) is 2. The number of carbonyl (C=O) groups is 1. The van der Waals surface area contributed by atoms with E-state index < -0.39 is 0 Å². The molecule has 1 amide bonds. The van der Waals surface area contributed by atoms with Gasteiger partial charge in [0.2, 0.25) is 5.43 Å². The second-order valence-corrected chi connectivity index (χ2v) is 5.80. The SMILES string of the molecule is Cc1cccc2c(=O)c(C(=O)NCC[C@@H]3CCOC3)c[nH]c12. The normalized spacial score (nSPS) is 17.8. The molecule has 5 heteroatoms. The van der Waals surface area contributed by atoms with E-state index in [4.69, 9.17) is 4.74 Å². The van der Waals surface area contributed by atoms with Crippen LogP contribution in [-0.4, -0.2) is 30.6 Å². The fraction of sp³-hybridized carbons (Fsp3) is 0.412. The van der Waals surface area contributed by atoms with Crippen molar-refractivity contribution < 1.29 is 9.53 Å². The van der Waals surface area contributed by atoms with Crippen LogP contribution in [0.4, 0.5) is 0 Å². The molecule has 0 unspecified atom stereocenters. The van der Waals surface area contributed by atoms with Gasteiger partial charge in [-0.2, -0.15) is 0 Å². The fourth-order valence-electron chi connectivity index (χ4n) is 2.87. The Labute approximate surface area is 128 Å². The molecule has 116 valence electrons. The van der Waals surface area contributed by atoms with E-state index in [9.17, 15) is 9.59 Å². The predicted octanol–water partition coefficient (Wildman–Crippen LogP) is 1.99. The minimum absolute atomic E-state index is 0.167. The van der Waals surface area contributed by atoms with Crippen molar-refractivity contribution in [1.82, 2.24) is 10.3 Å². The minimum atomic E-state index is -0.316. The highest BCUT2D eigenvalue weighted by Gasteiger charge is 2.17. The lowest BCUT2D eigenvalue weighted by Crippen LogP contribution is -2.30. The van der Waals surface area contributed by atoms with Gasteiger partial charge in [0.25, 0.3) is 5.91 Å². The topological polar surface area (TPSA) is 71.2 Å². The Hall–Kier alpha value is -2.14. The maximum Gasteiger partial charge on any atom is 0.256 e. The maximum absolute atomic E-state index is 12.4. The number of pyridine rings is 1. The number of aromatic nitrogens is 1. The van der Waals surface area contributed by atoms with Crippen molar-refractivity contribution in [3.05, 3.63) is 45.7 Å². The number of amides is 1. The number of ether oxygens (including phenoxy) is 1. The summed E-state index contributed by atoms with van der Waals surface area (Å²) in [5, 5.41) is 3.38. The smallest absolute Gasteiger partial charge is 0.256 e. The zero-order chi connectivity index (χ0) is 15.5. The summed E-state index contributed by atoms with van der Waals surface area (Å²) in [7, 11) is 0. The van der Waals surface area contributed by atoms with E-state index in [1.165, 1.54) is 6.20 Å². The number of fused-ring (bicyclic) bond motifs is 1. The third-order valence-electron chi connectivity index (χ3n) is 4.23. The molecule has 0 spiro atoms. The summed E-state index contributed by atoms with van der Waals surface area (Å²) in [4.78, 5) is 27.7. The maximum atomic E-state index is 12.4. The van der Waals surface area contributed by atoms with Gasteiger partial charge in [-0.1, -0.05) is 12.1 Å². The number of aromatic amines is 1. The lowest BCUT2D eigenvalue weighted by atomic mass is 10.1. The molecule has 0 aliphatic carbocycles. The Kier molecular flexibility index (Phi) is 4.24. The van der Waals surface area contributed by atoms with Crippen LogP contribution in [0.1, 0.15) is 28.8 Å². The first kappa shape index (κ1) is 14.8. The molecule has 2 N–H and O–H groups in total. The number of benzene rings is 1. The molecule has 1 aliphatic rings. The molecule has 2 heterocycles. The lowest BCUT2D eigenvalue weighted by Gasteiger charge is -2.09. The molecule has 0 bridgehead atoms. The zero-order valence-electron chi connectivity index (χ0n) is 12.6. The molecule has 1 fully saturated rings. The molecule has 1 atom stereocenters. The molecular formula is C17H20N2O3. The highest BCUT2D eigenvalue weighted by Crippen LogP contribution is 2.15. The number of rotatable bonds is 4. The molecular weight excluding hydrogens is 280 g/mol. The van der Waals surface area contributed by atoms with Crippen molar-refractivity contribution in [3.63, 3.8) is 0 Å². The van der Waals surface area contributed by atoms with Crippen molar-refractivity contribution in [1.29, 1.82) is 0 Å². The fourth-order valence-corrected chi connectivity index (χ4v) is 2.87. The minimum Gasteiger partial charge on any atom is -0.381 e. The molecule has 22 heavy (non-hydrogen) atoms. The number of hydrogen-bond acceptors (Lipinski definition) is 3. The van der Waals surface area contributed by atoms with E-state index in [0.717, 1.165) is 37.1 Å². The first-order chi connectivity index (χ1) is 10.7. The van der Waals surface area contributed by atoms with Crippen LogP contribution in [0.5, 0.6) is 0 Å². The van der Waals surface area contributed by atoms with Crippen LogP contribution in [0.2, 0.25) is 0 Å². The third-order valence-corrected chi connectivity index (χ3v) is 4.23. The average Bonchev–Trinajstić information content (AvgIpc) is 3.02. The molecule has 1 aliphatic heterocycles. The monoisotopic (exact) mass is 300 g/mol. The highest BCUT2D eigenvalue weighted by atomic mass is 16.5. The molecule has 1 saturated heterocycles. The summed E-state index contributed by atoms with van der Waals surface area (Å²) in [5.41, 5.74) is 1.72. The number of nitrogens with one attached hydrogen (secondary N) is 2. The van der Waals surface area contributed by atoms with Gasteiger partial charge in [-0.05, 0) is 37.3 Å². The van der Waals surface area contributed by atoms with Crippen LogP contribution >= 0.6 is 0 Å². The van der Waals surface area contributed by atoms with Crippen molar-refractivity contribution in [2.24, 2.45) is 5.92 Å². The second-order valence-electron chi connectivity index (χ2n) is 5.80. The highest BCUT2D eigenvalue weighted by molar-refractivity contribution is 5.97. The molecule has 5 nitrogen and oxygen atoms in total. The number of H-pyrrole nitrogens is 1. The Balaban J connectivity index is 1.73. The molecule has 1 aromatic carbocycles. The van der Waals surface area contributed by atoms with E-state index >= 15 is 0 Å². The molecule has 0 radical (unpaired) electrons. The van der Waals surface area contributed by atoms with E-state index in [-0.39, 0.29) is 16.9 Å². The van der Waals surface area contributed by atoms with Gasteiger partial charge in [0, 0.05) is 31.3 Å². The third kappa shape index (κ3) is 2.90. The first-order valence-electron chi connectivity index (χ1n) is 7.64. The standard InChI is InChI=1S/C17H20N2O3/c1-11-3-2-4-13-15(11)19-9-14(16(13)20)17(21)18-7-5-12-6-8-22-10-12/h2-4,9,12H,5-8,10H2,1H3,(H,18,21)(H,19,20)/t12-/m1/s1. The van der Waals surface area contributed by atoms with Crippen LogP contribution in [0.25, 0.3) is 10.9 Å². The van der Waals surface area contributed by atoms with Crippen molar-refractivity contribution in [2.75, 3.05) is 19.8 Å². The van der Waals surface area contributed by atoms with Crippen molar-refractivity contribution >= 4 is 16.8 Å². The zero-order valence-corrected chi connectivity index (χ0v) is 12.6. The largest absolute Gasteiger partial charge is 0.381 e. The Morgan fingerprint density at radius 2 is 2.32 bits per heavy atom. The van der Waals surface area contributed by atoms with E-state index in [1.54, 1.807) is 6.07 Å². The number of aryl methyl sites for hydroxylation is 1. The summed E-state index contributed by atoms with van der Waals surface area (Å²) in [5.74, 6) is 0.196. The Bertz CT molecular complexity index is 745. The van der Waals surface area contributed by atoms with Crippen LogP contribution in [0, 0.1) is 12.8 Å². The van der Waals surface area contributed by atoms with Crippen molar-refractivity contribution in [3.8, 4) is 0 Å². The molecule has 1 aromatic heterocycles. The van der Waals surface area contributed by atoms with Gasteiger partial charge in [-0.15, -0.1) is 0 Å². The number of para-hydroxylation sites is 1. The van der Waals surface area contributed by atoms with Gasteiger partial charge >= 0.3 is 0 Å². The van der Waals surface area contributed by atoms with E-state index in [1.807, 2.05) is 19.1 Å². The summed E-state index contributed by atoms with van der Waals surface area (Å²) in [6.07, 6.45) is 3.44.